The van der Waals surface area contributed by atoms with Gasteiger partial charge in [-0.1, -0.05) is 39.0 Å². The number of nitrogens with zero attached hydrogens (tertiary/aromatic N) is 3. The van der Waals surface area contributed by atoms with Gasteiger partial charge in [0.2, 0.25) is 5.17 Å². The van der Waals surface area contributed by atoms with Gasteiger partial charge in [-0.15, -0.1) is 0 Å². The summed E-state index contributed by atoms with van der Waals surface area (Å²) in [7, 11) is 1.56. The van der Waals surface area contributed by atoms with Gasteiger partial charge in [0.05, 0.1) is 12.7 Å². The molecule has 1 atom stereocenters. The van der Waals surface area contributed by atoms with Gasteiger partial charge in [0.15, 0.2) is 17.3 Å². The van der Waals surface area contributed by atoms with Crippen LogP contribution in [0.2, 0.25) is 0 Å². The monoisotopic (exact) mass is 506 g/mol. The second-order valence-corrected chi connectivity index (χ2v) is 9.39. The van der Waals surface area contributed by atoms with Gasteiger partial charge in [-0.25, -0.2) is 0 Å². The summed E-state index contributed by atoms with van der Waals surface area (Å²) in [5, 5.41) is 15.5. The molecule has 36 heavy (non-hydrogen) atoms. The van der Waals surface area contributed by atoms with Gasteiger partial charge in [0, 0.05) is 0 Å². The number of hydrogen-bond acceptors (Lipinski definition) is 7. The lowest BCUT2D eigenvalue weighted by Gasteiger charge is -2.20. The number of benzene rings is 2. The van der Waals surface area contributed by atoms with E-state index in [-0.39, 0.29) is 11.4 Å². The van der Waals surface area contributed by atoms with Crippen LogP contribution in [0.5, 0.6) is 17.2 Å². The summed E-state index contributed by atoms with van der Waals surface area (Å²) in [6.45, 7) is 7.09. The molecule has 2 heterocycles. The highest BCUT2D eigenvalue weighted by atomic mass is 32.2. The number of rotatable bonds is 10. The lowest BCUT2D eigenvalue weighted by atomic mass is 9.99. The van der Waals surface area contributed by atoms with E-state index in [1.165, 1.54) is 22.3 Å². The molecule has 2 aromatic rings. The number of carbonyl (C=O) groups is 1. The molecule has 0 fully saturated rings. The molecule has 1 N–H and O–H groups in total. The summed E-state index contributed by atoms with van der Waals surface area (Å²) in [6.07, 6.45) is 3.44. The molecule has 9 heteroatoms. The zero-order chi connectivity index (χ0) is 25.7. The first-order valence-corrected chi connectivity index (χ1v) is 12.8. The predicted molar refractivity (Wildman–Crippen MR) is 144 cm³/mol. The first-order chi connectivity index (χ1) is 17.4. The van der Waals surface area contributed by atoms with Crippen molar-refractivity contribution in [3.63, 3.8) is 0 Å². The third kappa shape index (κ3) is 5.62. The van der Waals surface area contributed by atoms with Gasteiger partial charge in [0.25, 0.3) is 5.91 Å². The number of fused-ring (bicyclic) bond motifs is 1. The zero-order valence-electron chi connectivity index (χ0n) is 20.9. The molecule has 2 aromatic carbocycles. The predicted octanol–water partition coefficient (Wildman–Crippen LogP) is 5.70. The fourth-order valence-electron chi connectivity index (χ4n) is 3.67. The van der Waals surface area contributed by atoms with E-state index < -0.39 is 5.91 Å². The highest BCUT2D eigenvalue weighted by molar-refractivity contribution is 8.26. The molecule has 188 valence electrons. The van der Waals surface area contributed by atoms with Crippen molar-refractivity contribution in [1.29, 1.82) is 5.41 Å². The molecule has 1 amide bonds. The van der Waals surface area contributed by atoms with E-state index >= 15 is 0 Å². The summed E-state index contributed by atoms with van der Waals surface area (Å²) in [5.74, 6) is 1.96. The Hall–Kier alpha value is -3.59. The molecule has 0 aliphatic carbocycles. The highest BCUT2D eigenvalue weighted by Gasteiger charge is 2.35. The van der Waals surface area contributed by atoms with E-state index in [4.69, 9.17) is 19.6 Å². The first kappa shape index (κ1) is 25.5. The number of methoxy groups -OCH3 is 1. The van der Waals surface area contributed by atoms with E-state index in [2.05, 4.69) is 36.1 Å². The number of nitrogens with one attached hydrogen (secondary N) is 1. The van der Waals surface area contributed by atoms with Crippen molar-refractivity contribution in [3.8, 4) is 17.2 Å². The molecule has 2 aliphatic heterocycles. The van der Waals surface area contributed by atoms with Crippen molar-refractivity contribution in [3.05, 3.63) is 59.2 Å². The summed E-state index contributed by atoms with van der Waals surface area (Å²) in [5.41, 5.74) is 2.16. The maximum atomic E-state index is 12.6. The minimum atomic E-state index is -0.458. The van der Waals surface area contributed by atoms with Crippen molar-refractivity contribution in [2.24, 2.45) is 10.1 Å². The van der Waals surface area contributed by atoms with Crippen molar-refractivity contribution in [2.45, 2.75) is 39.5 Å². The molecular formula is C27H30N4O4S. The molecule has 0 spiro atoms. The van der Waals surface area contributed by atoms with Crippen molar-refractivity contribution < 1.29 is 19.0 Å². The number of amides is 1. The van der Waals surface area contributed by atoms with Crippen molar-refractivity contribution >= 4 is 39.8 Å². The molecule has 0 saturated carbocycles. The fourth-order valence-corrected chi connectivity index (χ4v) is 4.50. The van der Waals surface area contributed by atoms with Crippen LogP contribution >= 0.6 is 11.8 Å². The van der Waals surface area contributed by atoms with Crippen LogP contribution in [-0.2, 0) is 4.79 Å². The molecule has 0 bridgehead atoms. The highest BCUT2D eigenvalue weighted by Crippen LogP contribution is 2.32. The number of thioether (sulfide) groups is 1. The van der Waals surface area contributed by atoms with Gasteiger partial charge in [-0.2, -0.15) is 15.1 Å². The van der Waals surface area contributed by atoms with Crippen LogP contribution in [0.15, 0.2) is 58.1 Å². The lowest BCUT2D eigenvalue weighted by Crippen LogP contribution is -2.35. The maximum absolute atomic E-state index is 12.6. The van der Waals surface area contributed by atoms with Gasteiger partial charge in [-0.3, -0.25) is 10.2 Å². The van der Waals surface area contributed by atoms with Crippen LogP contribution in [0.4, 0.5) is 0 Å². The number of ether oxygens (including phenoxy) is 3. The van der Waals surface area contributed by atoms with E-state index in [0.717, 1.165) is 23.6 Å². The van der Waals surface area contributed by atoms with Gasteiger partial charge < -0.3 is 14.2 Å². The number of aliphatic imine (C=N–C) groups is 1. The van der Waals surface area contributed by atoms with E-state index in [0.29, 0.717) is 41.4 Å². The largest absolute Gasteiger partial charge is 0.493 e. The average Bonchev–Trinajstić information content (AvgIpc) is 3.32. The molecular weight excluding hydrogens is 476 g/mol. The molecule has 8 nitrogen and oxygen atoms in total. The Bertz CT molecular complexity index is 1240. The molecule has 1 unspecified atom stereocenters. The third-order valence-corrected chi connectivity index (χ3v) is 7.02. The summed E-state index contributed by atoms with van der Waals surface area (Å²) in [6, 6.07) is 13.5. The molecule has 4 rings (SSSR count). The van der Waals surface area contributed by atoms with Crippen LogP contribution in [0, 0.1) is 5.41 Å². The number of hydrazone groups is 1. The van der Waals surface area contributed by atoms with Crippen molar-refractivity contribution in [1.82, 2.24) is 5.01 Å². The van der Waals surface area contributed by atoms with Gasteiger partial charge in [0.1, 0.15) is 24.0 Å². The number of hydrogen-bond donors (Lipinski definition) is 1. The second kappa shape index (κ2) is 11.4. The second-order valence-electron chi connectivity index (χ2n) is 8.35. The quantitative estimate of drug-likeness (QED) is 0.328. The third-order valence-electron chi connectivity index (χ3n) is 5.97. The average molecular weight is 507 g/mol. The van der Waals surface area contributed by atoms with Gasteiger partial charge in [-0.05, 0) is 72.0 Å². The van der Waals surface area contributed by atoms with E-state index in [1.807, 2.05) is 19.1 Å². The van der Waals surface area contributed by atoms with Crippen LogP contribution < -0.4 is 14.2 Å². The summed E-state index contributed by atoms with van der Waals surface area (Å²) in [4.78, 5) is 16.7. The molecule has 0 radical (unpaired) electrons. The van der Waals surface area contributed by atoms with E-state index in [9.17, 15) is 4.79 Å². The Labute approximate surface area is 215 Å². The standard InChI is InChI=1S/C27H30N4O4S/c1-5-17(3)19-8-10-20(11-9-19)34-13-14-35-22-12-7-18(16-23(22)33-4)15-21-25(28)31-27(29-26(21)32)36-24(6-2)30-31/h7-12,15-17,28H,5-6,13-14H2,1-4H3/b21-15-,28-25?. The normalized spacial score (nSPS) is 17.0. The smallest absolute Gasteiger partial charge is 0.283 e. The Morgan fingerprint density at radius 1 is 1.08 bits per heavy atom. The molecule has 2 aliphatic rings. The Kier molecular flexibility index (Phi) is 8.10. The van der Waals surface area contributed by atoms with Crippen LogP contribution in [0.1, 0.15) is 50.7 Å². The fraction of sp³-hybridized carbons (Fsp3) is 0.333. The lowest BCUT2D eigenvalue weighted by molar-refractivity contribution is -0.114. The Morgan fingerprint density at radius 2 is 1.83 bits per heavy atom. The number of amidine groups is 2. The molecule has 0 aromatic heterocycles. The van der Waals surface area contributed by atoms with Crippen molar-refractivity contribution in [2.75, 3.05) is 20.3 Å². The van der Waals surface area contributed by atoms with Gasteiger partial charge >= 0.3 is 0 Å². The Balaban J connectivity index is 1.38. The van der Waals surface area contributed by atoms with Crippen LogP contribution in [0.25, 0.3) is 6.08 Å². The minimum Gasteiger partial charge on any atom is -0.493 e. The summed E-state index contributed by atoms with van der Waals surface area (Å²) >= 11 is 1.32. The molecule has 0 saturated heterocycles. The zero-order valence-corrected chi connectivity index (χ0v) is 21.7. The first-order valence-electron chi connectivity index (χ1n) is 12.0. The Morgan fingerprint density at radius 3 is 2.53 bits per heavy atom. The number of carbonyl (C=O) groups excluding carboxylic acids is 1. The van der Waals surface area contributed by atoms with E-state index in [1.54, 1.807) is 31.4 Å². The maximum Gasteiger partial charge on any atom is 0.283 e. The van der Waals surface area contributed by atoms with Crippen LogP contribution in [0.3, 0.4) is 0 Å². The summed E-state index contributed by atoms with van der Waals surface area (Å²) < 4.78 is 17.2. The SMILES string of the molecule is CCC1=NN2C(=N)/C(=C/c3ccc(OCCOc4ccc(C(C)CC)cc4)c(OC)c3)C(=O)N=C2S1. The van der Waals surface area contributed by atoms with Crippen LogP contribution in [-0.4, -0.2) is 47.3 Å². The minimum absolute atomic E-state index is 0.00887. The topological polar surface area (TPSA) is 96.6 Å².